The number of halogens is 1. The maximum absolute atomic E-state index is 5.90. The largest absolute Gasteiger partial charge is 0.388 e. The van der Waals surface area contributed by atoms with Crippen LogP contribution in [0.15, 0.2) is 24.8 Å². The van der Waals surface area contributed by atoms with E-state index in [1.165, 1.54) is 0 Å². The molecule has 0 heterocycles. The van der Waals surface area contributed by atoms with Crippen LogP contribution in [0.4, 0.5) is 5.69 Å². The standard InChI is InChI=1S/C9H10ClN/c1-3-7-8(10)5-4-6-9(7)11-2/h3-6,11H,1H2,2H3. The maximum Gasteiger partial charge on any atom is 0.0498 e. The van der Waals surface area contributed by atoms with E-state index in [1.807, 2.05) is 25.2 Å². The van der Waals surface area contributed by atoms with Gasteiger partial charge in [0, 0.05) is 23.3 Å². The van der Waals surface area contributed by atoms with Crippen molar-refractivity contribution < 1.29 is 0 Å². The molecule has 1 N–H and O–H groups in total. The van der Waals surface area contributed by atoms with E-state index in [9.17, 15) is 0 Å². The van der Waals surface area contributed by atoms with Crippen molar-refractivity contribution in [1.29, 1.82) is 0 Å². The highest BCUT2D eigenvalue weighted by atomic mass is 35.5. The summed E-state index contributed by atoms with van der Waals surface area (Å²) < 4.78 is 0. The van der Waals surface area contributed by atoms with Crippen LogP contribution in [0.5, 0.6) is 0 Å². The topological polar surface area (TPSA) is 12.0 Å². The predicted octanol–water partition coefficient (Wildman–Crippen LogP) is 3.02. The number of hydrogen-bond donors (Lipinski definition) is 1. The fourth-order valence-electron chi connectivity index (χ4n) is 0.962. The van der Waals surface area contributed by atoms with Gasteiger partial charge in [0.2, 0.25) is 0 Å². The molecule has 0 aliphatic heterocycles. The molecule has 0 saturated carbocycles. The van der Waals surface area contributed by atoms with Gasteiger partial charge in [-0.15, -0.1) is 0 Å². The van der Waals surface area contributed by atoms with Gasteiger partial charge in [-0.1, -0.05) is 30.3 Å². The molecule has 1 rings (SSSR count). The number of rotatable bonds is 2. The van der Waals surface area contributed by atoms with Crippen LogP contribution in [0.3, 0.4) is 0 Å². The van der Waals surface area contributed by atoms with Crippen LogP contribution in [0.25, 0.3) is 6.08 Å². The van der Waals surface area contributed by atoms with E-state index in [4.69, 9.17) is 11.6 Å². The molecule has 0 fully saturated rings. The maximum atomic E-state index is 5.90. The Balaban J connectivity index is 3.24. The van der Waals surface area contributed by atoms with Crippen molar-refractivity contribution in [2.24, 2.45) is 0 Å². The average Bonchev–Trinajstić information content (AvgIpc) is 2.04. The van der Waals surface area contributed by atoms with Crippen LogP contribution in [-0.2, 0) is 0 Å². The number of hydrogen-bond acceptors (Lipinski definition) is 1. The predicted molar refractivity (Wildman–Crippen MR) is 51.1 cm³/mol. The molecule has 0 spiro atoms. The summed E-state index contributed by atoms with van der Waals surface area (Å²) in [7, 11) is 1.86. The van der Waals surface area contributed by atoms with Crippen LogP contribution in [0.2, 0.25) is 5.02 Å². The molecule has 11 heavy (non-hydrogen) atoms. The average molecular weight is 168 g/mol. The monoisotopic (exact) mass is 167 g/mol. The smallest absolute Gasteiger partial charge is 0.0498 e. The van der Waals surface area contributed by atoms with Crippen LogP contribution >= 0.6 is 11.6 Å². The van der Waals surface area contributed by atoms with Gasteiger partial charge in [-0.05, 0) is 12.1 Å². The van der Waals surface area contributed by atoms with E-state index in [1.54, 1.807) is 6.08 Å². The quantitative estimate of drug-likeness (QED) is 0.714. The second-order valence-electron chi connectivity index (χ2n) is 2.16. The second kappa shape index (κ2) is 3.44. The molecule has 0 aliphatic carbocycles. The highest BCUT2D eigenvalue weighted by molar-refractivity contribution is 6.32. The molecule has 1 aromatic rings. The minimum Gasteiger partial charge on any atom is -0.388 e. The Bertz CT molecular complexity index is 268. The first-order chi connectivity index (χ1) is 5.29. The van der Waals surface area contributed by atoms with Gasteiger partial charge < -0.3 is 5.32 Å². The van der Waals surface area contributed by atoms with Gasteiger partial charge in [0.25, 0.3) is 0 Å². The van der Waals surface area contributed by atoms with Gasteiger partial charge in [0.15, 0.2) is 0 Å². The summed E-state index contributed by atoms with van der Waals surface area (Å²) in [5, 5.41) is 3.76. The first-order valence-electron chi connectivity index (χ1n) is 3.38. The Morgan fingerprint density at radius 1 is 1.55 bits per heavy atom. The zero-order valence-electron chi connectivity index (χ0n) is 6.39. The summed E-state index contributed by atoms with van der Waals surface area (Å²) in [6.07, 6.45) is 1.74. The minimum absolute atomic E-state index is 0.729. The lowest BCUT2D eigenvalue weighted by molar-refractivity contribution is 1.49. The van der Waals surface area contributed by atoms with Crippen molar-refractivity contribution in [3.63, 3.8) is 0 Å². The highest BCUT2D eigenvalue weighted by Gasteiger charge is 1.99. The van der Waals surface area contributed by atoms with E-state index < -0.39 is 0 Å². The fourth-order valence-corrected chi connectivity index (χ4v) is 1.21. The van der Waals surface area contributed by atoms with Crippen molar-refractivity contribution in [3.05, 3.63) is 35.4 Å². The summed E-state index contributed by atoms with van der Waals surface area (Å²) in [4.78, 5) is 0. The Hall–Kier alpha value is -0.950. The van der Waals surface area contributed by atoms with E-state index in [-0.39, 0.29) is 0 Å². The van der Waals surface area contributed by atoms with Gasteiger partial charge in [-0.3, -0.25) is 0 Å². The molecule has 0 saturated heterocycles. The summed E-state index contributed by atoms with van der Waals surface area (Å²) in [6, 6.07) is 5.71. The number of nitrogens with one attached hydrogen (secondary N) is 1. The molecule has 0 bridgehead atoms. The first-order valence-corrected chi connectivity index (χ1v) is 3.76. The third kappa shape index (κ3) is 1.55. The van der Waals surface area contributed by atoms with Gasteiger partial charge in [-0.25, -0.2) is 0 Å². The Labute approximate surface area is 71.7 Å². The van der Waals surface area contributed by atoms with Gasteiger partial charge >= 0.3 is 0 Å². The Morgan fingerprint density at radius 2 is 2.27 bits per heavy atom. The van der Waals surface area contributed by atoms with Crippen molar-refractivity contribution in [2.45, 2.75) is 0 Å². The van der Waals surface area contributed by atoms with E-state index in [0.29, 0.717) is 0 Å². The lowest BCUT2D eigenvalue weighted by Gasteiger charge is -2.05. The van der Waals surface area contributed by atoms with E-state index in [0.717, 1.165) is 16.3 Å². The molecule has 1 nitrogen and oxygen atoms in total. The summed E-state index contributed by atoms with van der Waals surface area (Å²) in [6.45, 7) is 3.68. The molecule has 0 unspecified atom stereocenters. The van der Waals surface area contributed by atoms with Gasteiger partial charge in [0.1, 0.15) is 0 Å². The van der Waals surface area contributed by atoms with Crippen molar-refractivity contribution in [1.82, 2.24) is 0 Å². The lowest BCUT2D eigenvalue weighted by atomic mass is 10.2. The third-order valence-electron chi connectivity index (χ3n) is 1.53. The number of anilines is 1. The molecule has 0 aromatic heterocycles. The Morgan fingerprint density at radius 3 is 2.73 bits per heavy atom. The SMILES string of the molecule is C=Cc1c(Cl)cccc1NC. The van der Waals surface area contributed by atoms with Crippen LogP contribution in [0.1, 0.15) is 5.56 Å². The second-order valence-corrected chi connectivity index (χ2v) is 2.56. The van der Waals surface area contributed by atoms with Crippen LogP contribution in [-0.4, -0.2) is 7.05 Å². The van der Waals surface area contributed by atoms with Gasteiger partial charge in [-0.2, -0.15) is 0 Å². The molecular formula is C9H10ClN. The van der Waals surface area contributed by atoms with Crippen molar-refractivity contribution >= 4 is 23.4 Å². The normalized spacial score (nSPS) is 9.27. The molecule has 0 atom stereocenters. The first kappa shape index (κ1) is 8.15. The molecule has 2 heteroatoms. The summed E-state index contributed by atoms with van der Waals surface area (Å²) >= 11 is 5.90. The lowest BCUT2D eigenvalue weighted by Crippen LogP contribution is -1.90. The Kier molecular flexibility index (Phi) is 2.55. The molecular weight excluding hydrogens is 158 g/mol. The fraction of sp³-hybridized carbons (Fsp3) is 0.111. The molecule has 0 radical (unpaired) electrons. The van der Waals surface area contributed by atoms with E-state index >= 15 is 0 Å². The summed E-state index contributed by atoms with van der Waals surface area (Å²) in [5.74, 6) is 0. The molecule has 58 valence electrons. The minimum atomic E-state index is 0.729. The van der Waals surface area contributed by atoms with Crippen molar-refractivity contribution in [3.8, 4) is 0 Å². The zero-order valence-corrected chi connectivity index (χ0v) is 7.15. The molecule has 0 amide bonds. The molecule has 1 aromatic carbocycles. The number of benzene rings is 1. The highest BCUT2D eigenvalue weighted by Crippen LogP contribution is 2.24. The van der Waals surface area contributed by atoms with E-state index in [2.05, 4.69) is 11.9 Å². The van der Waals surface area contributed by atoms with Crippen molar-refractivity contribution in [2.75, 3.05) is 12.4 Å². The van der Waals surface area contributed by atoms with Gasteiger partial charge in [0.05, 0.1) is 0 Å². The van der Waals surface area contributed by atoms with Crippen LogP contribution < -0.4 is 5.32 Å². The zero-order chi connectivity index (χ0) is 8.27. The van der Waals surface area contributed by atoms with Crippen LogP contribution in [0, 0.1) is 0 Å². The third-order valence-corrected chi connectivity index (χ3v) is 1.86. The summed E-state index contributed by atoms with van der Waals surface area (Å²) in [5.41, 5.74) is 1.96. The molecule has 0 aliphatic rings.